The SMILES string of the molecule is CCOc1ccccc1Oc1ccc(CNC(=O)CCc2ccc(S(=O)(=O)NC3CC3)cc2)cn1. The molecular weight excluding hydrogens is 466 g/mol. The van der Waals surface area contributed by atoms with Crippen LogP contribution in [0.15, 0.2) is 71.8 Å². The molecule has 0 saturated heterocycles. The van der Waals surface area contributed by atoms with Crippen molar-refractivity contribution in [2.75, 3.05) is 6.61 Å². The van der Waals surface area contributed by atoms with Gasteiger partial charge < -0.3 is 14.8 Å². The van der Waals surface area contributed by atoms with Crippen LogP contribution in [0, 0.1) is 0 Å². The number of aryl methyl sites for hydroxylation is 1. The van der Waals surface area contributed by atoms with Crippen LogP contribution in [0.25, 0.3) is 0 Å². The van der Waals surface area contributed by atoms with Gasteiger partial charge in [-0.15, -0.1) is 0 Å². The summed E-state index contributed by atoms with van der Waals surface area (Å²) in [5, 5.41) is 2.88. The number of ether oxygens (including phenoxy) is 2. The molecule has 1 aliphatic carbocycles. The molecule has 0 unspecified atom stereocenters. The topological polar surface area (TPSA) is 107 Å². The lowest BCUT2D eigenvalue weighted by molar-refractivity contribution is -0.121. The zero-order chi connectivity index (χ0) is 24.7. The van der Waals surface area contributed by atoms with Gasteiger partial charge in [0.25, 0.3) is 0 Å². The molecule has 35 heavy (non-hydrogen) atoms. The van der Waals surface area contributed by atoms with E-state index in [9.17, 15) is 13.2 Å². The molecule has 1 saturated carbocycles. The van der Waals surface area contributed by atoms with Crippen molar-refractivity contribution in [1.82, 2.24) is 15.0 Å². The highest BCUT2D eigenvalue weighted by Gasteiger charge is 2.27. The Bertz CT molecular complexity index is 1240. The summed E-state index contributed by atoms with van der Waals surface area (Å²) in [5.41, 5.74) is 1.75. The van der Waals surface area contributed by atoms with Gasteiger partial charge in [0, 0.05) is 31.3 Å². The highest BCUT2D eigenvalue weighted by atomic mass is 32.2. The van der Waals surface area contributed by atoms with Crippen LogP contribution >= 0.6 is 0 Å². The van der Waals surface area contributed by atoms with E-state index >= 15 is 0 Å². The van der Waals surface area contributed by atoms with Gasteiger partial charge in [-0.3, -0.25) is 4.79 Å². The number of hydrogen-bond donors (Lipinski definition) is 2. The molecule has 0 bridgehead atoms. The number of amides is 1. The number of sulfonamides is 1. The van der Waals surface area contributed by atoms with Gasteiger partial charge in [0.05, 0.1) is 11.5 Å². The second-order valence-corrected chi connectivity index (χ2v) is 10.0. The van der Waals surface area contributed by atoms with E-state index in [0.717, 1.165) is 24.0 Å². The van der Waals surface area contributed by atoms with Crippen molar-refractivity contribution in [3.63, 3.8) is 0 Å². The summed E-state index contributed by atoms with van der Waals surface area (Å²) < 4.78 is 38.5. The van der Waals surface area contributed by atoms with Crippen molar-refractivity contribution in [2.24, 2.45) is 0 Å². The minimum absolute atomic E-state index is 0.0689. The van der Waals surface area contributed by atoms with E-state index in [4.69, 9.17) is 9.47 Å². The number of carbonyl (C=O) groups is 1. The van der Waals surface area contributed by atoms with E-state index in [0.29, 0.717) is 43.4 Å². The summed E-state index contributed by atoms with van der Waals surface area (Å²) in [5.74, 6) is 1.58. The van der Waals surface area contributed by atoms with Gasteiger partial charge in [-0.25, -0.2) is 18.1 Å². The van der Waals surface area contributed by atoms with Crippen LogP contribution in [-0.4, -0.2) is 32.0 Å². The lowest BCUT2D eigenvalue weighted by atomic mass is 10.1. The molecule has 0 atom stereocenters. The van der Waals surface area contributed by atoms with Gasteiger partial charge >= 0.3 is 0 Å². The third-order valence-electron chi connectivity index (χ3n) is 5.42. The summed E-state index contributed by atoms with van der Waals surface area (Å²) in [7, 11) is -3.46. The fourth-order valence-electron chi connectivity index (χ4n) is 3.37. The Morgan fingerprint density at radius 2 is 1.71 bits per heavy atom. The minimum atomic E-state index is -3.46. The first-order chi connectivity index (χ1) is 16.9. The average Bonchev–Trinajstić information content (AvgIpc) is 3.67. The van der Waals surface area contributed by atoms with E-state index in [-0.39, 0.29) is 16.8 Å². The zero-order valence-electron chi connectivity index (χ0n) is 19.6. The van der Waals surface area contributed by atoms with Gasteiger partial charge in [-0.1, -0.05) is 30.3 Å². The van der Waals surface area contributed by atoms with E-state index in [1.54, 1.807) is 36.5 Å². The fourth-order valence-corrected chi connectivity index (χ4v) is 4.67. The summed E-state index contributed by atoms with van der Waals surface area (Å²) in [6, 6.07) is 17.7. The van der Waals surface area contributed by atoms with Crippen LogP contribution in [0.1, 0.15) is 37.3 Å². The highest BCUT2D eigenvalue weighted by molar-refractivity contribution is 7.89. The highest BCUT2D eigenvalue weighted by Crippen LogP contribution is 2.30. The van der Waals surface area contributed by atoms with E-state index < -0.39 is 10.0 Å². The standard InChI is InChI=1S/C26H29N3O5S/c1-2-33-23-5-3-4-6-24(23)34-26-16-10-20(18-28-26)17-27-25(30)15-9-19-7-13-22(14-8-19)35(31,32)29-21-11-12-21/h3-8,10,13-14,16,18,21,29H,2,9,11-12,15,17H2,1H3,(H,27,30). The van der Waals surface area contributed by atoms with Crippen LogP contribution in [0.5, 0.6) is 17.4 Å². The molecule has 1 aromatic heterocycles. The molecular formula is C26H29N3O5S. The number of hydrogen-bond acceptors (Lipinski definition) is 6. The number of nitrogens with zero attached hydrogens (tertiary/aromatic N) is 1. The Balaban J connectivity index is 1.22. The predicted octanol–water partition coefficient (Wildman–Crippen LogP) is 3.96. The summed E-state index contributed by atoms with van der Waals surface area (Å²) >= 11 is 0. The number of aromatic nitrogens is 1. The van der Waals surface area contributed by atoms with E-state index in [2.05, 4.69) is 15.0 Å². The minimum Gasteiger partial charge on any atom is -0.490 e. The first-order valence-corrected chi connectivity index (χ1v) is 13.1. The number of para-hydroxylation sites is 2. The lowest BCUT2D eigenvalue weighted by Crippen LogP contribution is -2.25. The van der Waals surface area contributed by atoms with Crippen LogP contribution in [0.4, 0.5) is 0 Å². The van der Waals surface area contributed by atoms with Crippen LogP contribution in [0.2, 0.25) is 0 Å². The maximum atomic E-state index is 12.3. The molecule has 0 radical (unpaired) electrons. The smallest absolute Gasteiger partial charge is 0.240 e. The summed E-state index contributed by atoms with van der Waals surface area (Å²) in [6.07, 6.45) is 4.27. The molecule has 184 valence electrons. The zero-order valence-corrected chi connectivity index (χ0v) is 20.4. The van der Waals surface area contributed by atoms with E-state index in [1.807, 2.05) is 37.3 Å². The van der Waals surface area contributed by atoms with Crippen molar-refractivity contribution < 1.29 is 22.7 Å². The quantitative estimate of drug-likeness (QED) is 0.394. The normalized spacial score (nSPS) is 13.3. The summed E-state index contributed by atoms with van der Waals surface area (Å²) in [4.78, 5) is 16.8. The third kappa shape index (κ3) is 7.27. The Morgan fingerprint density at radius 3 is 2.37 bits per heavy atom. The number of rotatable bonds is 12. The van der Waals surface area contributed by atoms with E-state index in [1.165, 1.54) is 0 Å². The van der Waals surface area contributed by atoms with Crippen molar-refractivity contribution in [2.45, 2.75) is 50.1 Å². The van der Waals surface area contributed by atoms with Gasteiger partial charge in [-0.2, -0.15) is 0 Å². The van der Waals surface area contributed by atoms with Crippen molar-refractivity contribution in [3.8, 4) is 17.4 Å². The second kappa shape index (κ2) is 11.3. The predicted molar refractivity (Wildman–Crippen MR) is 132 cm³/mol. The molecule has 2 aromatic carbocycles. The van der Waals surface area contributed by atoms with Crippen LogP contribution in [0.3, 0.4) is 0 Å². The Morgan fingerprint density at radius 1 is 1.00 bits per heavy atom. The molecule has 4 rings (SSSR count). The average molecular weight is 496 g/mol. The first-order valence-electron chi connectivity index (χ1n) is 11.7. The molecule has 8 nitrogen and oxygen atoms in total. The van der Waals surface area contributed by atoms with Gasteiger partial charge in [0.2, 0.25) is 21.8 Å². The monoisotopic (exact) mass is 495 g/mol. The van der Waals surface area contributed by atoms with Crippen molar-refractivity contribution in [1.29, 1.82) is 0 Å². The van der Waals surface area contributed by atoms with Crippen LogP contribution < -0.4 is 19.5 Å². The van der Waals surface area contributed by atoms with Crippen molar-refractivity contribution in [3.05, 3.63) is 78.0 Å². The summed E-state index contributed by atoms with van der Waals surface area (Å²) in [6.45, 7) is 2.80. The van der Waals surface area contributed by atoms with Gasteiger partial charge in [0.1, 0.15) is 0 Å². The molecule has 9 heteroatoms. The molecule has 3 aromatic rings. The van der Waals surface area contributed by atoms with Gasteiger partial charge in [0.15, 0.2) is 11.5 Å². The first kappa shape index (κ1) is 24.7. The third-order valence-corrected chi connectivity index (χ3v) is 6.96. The molecule has 1 aliphatic rings. The maximum absolute atomic E-state index is 12.3. The molecule has 1 amide bonds. The van der Waals surface area contributed by atoms with Crippen LogP contribution in [-0.2, 0) is 27.8 Å². The lowest BCUT2D eigenvalue weighted by Gasteiger charge is -2.11. The number of pyridine rings is 1. The second-order valence-electron chi connectivity index (χ2n) is 8.30. The Kier molecular flexibility index (Phi) is 7.99. The van der Waals surface area contributed by atoms with Crippen molar-refractivity contribution >= 4 is 15.9 Å². The molecule has 0 aliphatic heterocycles. The van der Waals surface area contributed by atoms with Gasteiger partial charge in [-0.05, 0) is 61.6 Å². The maximum Gasteiger partial charge on any atom is 0.240 e. The molecule has 1 heterocycles. The molecule has 1 fully saturated rings. The molecule has 2 N–H and O–H groups in total. The fraction of sp³-hybridized carbons (Fsp3) is 0.308. The molecule has 0 spiro atoms. The Hall–Kier alpha value is -3.43. The largest absolute Gasteiger partial charge is 0.490 e. The number of benzene rings is 2. The number of nitrogens with one attached hydrogen (secondary N) is 2. The number of carbonyl (C=O) groups excluding carboxylic acids is 1. The Labute approximate surface area is 205 Å².